The first-order valence-corrected chi connectivity index (χ1v) is 9.67. The van der Waals surface area contributed by atoms with Gasteiger partial charge in [0.2, 0.25) is 11.8 Å². The van der Waals surface area contributed by atoms with Crippen molar-refractivity contribution in [3.63, 3.8) is 0 Å². The van der Waals surface area contributed by atoms with Crippen LogP contribution in [-0.2, 0) is 16.1 Å². The molecule has 1 unspecified atom stereocenters. The molecule has 2 aliphatic rings. The van der Waals surface area contributed by atoms with Crippen molar-refractivity contribution in [3.8, 4) is 0 Å². The van der Waals surface area contributed by atoms with E-state index in [4.69, 9.17) is 4.98 Å². The topological polar surface area (TPSA) is 67.2 Å². The van der Waals surface area contributed by atoms with Gasteiger partial charge in [0.15, 0.2) is 0 Å². The van der Waals surface area contributed by atoms with Gasteiger partial charge in [0.25, 0.3) is 0 Å². The third-order valence-electron chi connectivity index (χ3n) is 5.38. The van der Waals surface area contributed by atoms with Crippen LogP contribution in [0.5, 0.6) is 0 Å². The lowest BCUT2D eigenvalue weighted by molar-refractivity contribution is -0.132. The molecule has 1 aromatic carbocycles. The minimum Gasteiger partial charge on any atom is -0.346 e. The minimum atomic E-state index is -0.218. The maximum absolute atomic E-state index is 12.8. The van der Waals surface area contributed by atoms with Crippen molar-refractivity contribution in [3.05, 3.63) is 30.1 Å². The van der Waals surface area contributed by atoms with Gasteiger partial charge in [-0.1, -0.05) is 12.1 Å². The Morgan fingerprint density at radius 3 is 2.65 bits per heavy atom. The number of carbonyl (C=O) groups is 2. The predicted octanol–water partition coefficient (Wildman–Crippen LogP) is 2.64. The van der Waals surface area contributed by atoms with Gasteiger partial charge in [0.05, 0.1) is 17.1 Å². The molecular weight excluding hydrogens is 328 g/mol. The fourth-order valence-corrected chi connectivity index (χ4v) is 3.71. The van der Waals surface area contributed by atoms with E-state index in [9.17, 15) is 9.59 Å². The van der Waals surface area contributed by atoms with Gasteiger partial charge in [-0.15, -0.1) is 0 Å². The maximum atomic E-state index is 12.8. The highest BCUT2D eigenvalue weighted by Crippen LogP contribution is 2.30. The molecule has 4 rings (SSSR count). The standard InChI is InChI=1S/C20H26N4O2/c1-14(21-20(26)15-9-10-15)19-22-16-7-3-4-8-17(16)24(19)13-18(25)23-11-5-2-6-12-23/h3-4,7-8,14-15H,2,5-6,9-13H2,1H3,(H,21,26). The zero-order valence-electron chi connectivity index (χ0n) is 15.3. The van der Waals surface area contributed by atoms with E-state index < -0.39 is 0 Å². The summed E-state index contributed by atoms with van der Waals surface area (Å²) in [5, 5.41) is 3.07. The van der Waals surface area contributed by atoms with E-state index in [0.717, 1.165) is 55.6 Å². The zero-order chi connectivity index (χ0) is 18.1. The van der Waals surface area contributed by atoms with Crippen LogP contribution in [-0.4, -0.2) is 39.4 Å². The van der Waals surface area contributed by atoms with Crippen LogP contribution in [0.4, 0.5) is 0 Å². The molecule has 0 spiro atoms. The first-order valence-electron chi connectivity index (χ1n) is 9.67. The summed E-state index contributed by atoms with van der Waals surface area (Å²) in [7, 11) is 0. The van der Waals surface area contributed by atoms with E-state index in [0.29, 0.717) is 0 Å². The average Bonchev–Trinajstić information content (AvgIpc) is 3.45. The maximum Gasteiger partial charge on any atom is 0.242 e. The summed E-state index contributed by atoms with van der Waals surface area (Å²) < 4.78 is 1.98. The van der Waals surface area contributed by atoms with Crippen LogP contribution < -0.4 is 5.32 Å². The minimum absolute atomic E-state index is 0.0958. The number of piperidine rings is 1. The van der Waals surface area contributed by atoms with Gasteiger partial charge < -0.3 is 14.8 Å². The number of aromatic nitrogens is 2. The Labute approximate surface area is 153 Å². The summed E-state index contributed by atoms with van der Waals surface area (Å²) >= 11 is 0. The molecule has 1 atom stereocenters. The molecule has 6 nitrogen and oxygen atoms in total. The molecule has 0 bridgehead atoms. The quantitative estimate of drug-likeness (QED) is 0.897. The van der Waals surface area contributed by atoms with Crippen molar-refractivity contribution in [2.24, 2.45) is 5.92 Å². The summed E-state index contributed by atoms with van der Waals surface area (Å²) in [5.41, 5.74) is 1.81. The van der Waals surface area contributed by atoms with Crippen LogP contribution in [0, 0.1) is 5.92 Å². The second-order valence-corrected chi connectivity index (χ2v) is 7.49. The smallest absolute Gasteiger partial charge is 0.242 e. The molecule has 2 amide bonds. The van der Waals surface area contributed by atoms with Gasteiger partial charge >= 0.3 is 0 Å². The summed E-state index contributed by atoms with van der Waals surface area (Å²) in [6.07, 6.45) is 5.31. The van der Waals surface area contributed by atoms with Gasteiger partial charge in [-0.3, -0.25) is 9.59 Å². The second kappa shape index (κ2) is 7.09. The van der Waals surface area contributed by atoms with E-state index in [1.165, 1.54) is 6.42 Å². The predicted molar refractivity (Wildman–Crippen MR) is 99.4 cm³/mol. The molecule has 1 N–H and O–H groups in total. The van der Waals surface area contributed by atoms with Crippen LogP contribution in [0.3, 0.4) is 0 Å². The number of carbonyl (C=O) groups excluding carboxylic acids is 2. The van der Waals surface area contributed by atoms with Crippen molar-refractivity contribution < 1.29 is 9.59 Å². The van der Waals surface area contributed by atoms with E-state index in [1.54, 1.807) is 0 Å². The van der Waals surface area contributed by atoms with Crippen LogP contribution in [0.2, 0.25) is 0 Å². The molecule has 2 aromatic rings. The van der Waals surface area contributed by atoms with E-state index in [2.05, 4.69) is 5.32 Å². The first kappa shape index (κ1) is 17.1. The molecule has 26 heavy (non-hydrogen) atoms. The molecule has 1 aliphatic heterocycles. The number of rotatable bonds is 5. The molecule has 1 aromatic heterocycles. The third-order valence-corrected chi connectivity index (χ3v) is 5.38. The number of hydrogen-bond donors (Lipinski definition) is 1. The highest BCUT2D eigenvalue weighted by Gasteiger charge is 2.31. The Kier molecular flexibility index (Phi) is 4.66. The Balaban J connectivity index is 1.60. The number of nitrogens with one attached hydrogen (secondary N) is 1. The largest absolute Gasteiger partial charge is 0.346 e. The average molecular weight is 354 g/mol. The van der Waals surface area contributed by atoms with Crippen LogP contribution in [0.1, 0.15) is 50.9 Å². The number of benzene rings is 1. The van der Waals surface area contributed by atoms with E-state index in [1.807, 2.05) is 40.7 Å². The molecule has 138 valence electrons. The number of likely N-dealkylation sites (tertiary alicyclic amines) is 1. The van der Waals surface area contributed by atoms with E-state index in [-0.39, 0.29) is 30.3 Å². The molecule has 1 aliphatic carbocycles. The Bertz CT molecular complexity index is 818. The lowest BCUT2D eigenvalue weighted by atomic mass is 10.1. The third kappa shape index (κ3) is 3.45. The second-order valence-electron chi connectivity index (χ2n) is 7.49. The number of imidazole rings is 1. The Hall–Kier alpha value is -2.37. The van der Waals surface area contributed by atoms with Crippen LogP contribution in [0.15, 0.2) is 24.3 Å². The van der Waals surface area contributed by atoms with Crippen LogP contribution >= 0.6 is 0 Å². The van der Waals surface area contributed by atoms with Gasteiger partial charge in [-0.25, -0.2) is 4.98 Å². The number of fused-ring (bicyclic) bond motifs is 1. The summed E-state index contributed by atoms with van der Waals surface area (Å²) in [6.45, 7) is 3.91. The van der Waals surface area contributed by atoms with Crippen molar-refractivity contribution in [2.75, 3.05) is 13.1 Å². The molecule has 6 heteroatoms. The van der Waals surface area contributed by atoms with Crippen molar-refractivity contribution in [1.82, 2.24) is 19.8 Å². The highest BCUT2D eigenvalue weighted by molar-refractivity contribution is 5.83. The molecule has 2 heterocycles. The zero-order valence-corrected chi connectivity index (χ0v) is 15.3. The summed E-state index contributed by atoms with van der Waals surface area (Å²) in [5.74, 6) is 1.14. The first-order chi connectivity index (χ1) is 12.6. The number of hydrogen-bond acceptors (Lipinski definition) is 3. The fraction of sp³-hybridized carbons (Fsp3) is 0.550. The summed E-state index contributed by atoms with van der Waals surface area (Å²) in [4.78, 5) is 31.7. The lowest BCUT2D eigenvalue weighted by Gasteiger charge is -2.27. The van der Waals surface area contributed by atoms with Crippen molar-refractivity contribution in [2.45, 2.75) is 51.6 Å². The van der Waals surface area contributed by atoms with Gasteiger partial charge in [-0.05, 0) is 51.2 Å². The molecule has 0 radical (unpaired) electrons. The Morgan fingerprint density at radius 2 is 1.92 bits per heavy atom. The normalized spacial score (nSPS) is 18.7. The monoisotopic (exact) mass is 354 g/mol. The van der Waals surface area contributed by atoms with Crippen molar-refractivity contribution >= 4 is 22.8 Å². The SMILES string of the molecule is CC(NC(=O)C1CC1)c1nc2ccccc2n1CC(=O)N1CCCCC1. The number of amides is 2. The highest BCUT2D eigenvalue weighted by atomic mass is 16.2. The number of nitrogens with zero attached hydrogens (tertiary/aromatic N) is 3. The van der Waals surface area contributed by atoms with Gasteiger partial charge in [-0.2, -0.15) is 0 Å². The fourth-order valence-electron chi connectivity index (χ4n) is 3.71. The van der Waals surface area contributed by atoms with Gasteiger partial charge in [0, 0.05) is 19.0 Å². The molecule has 2 fully saturated rings. The van der Waals surface area contributed by atoms with Gasteiger partial charge in [0.1, 0.15) is 12.4 Å². The van der Waals surface area contributed by atoms with Crippen LogP contribution in [0.25, 0.3) is 11.0 Å². The number of para-hydroxylation sites is 2. The lowest BCUT2D eigenvalue weighted by Crippen LogP contribution is -2.38. The molecule has 1 saturated carbocycles. The Morgan fingerprint density at radius 1 is 1.19 bits per heavy atom. The molecule has 1 saturated heterocycles. The summed E-state index contributed by atoms with van der Waals surface area (Å²) in [6, 6.07) is 7.64. The van der Waals surface area contributed by atoms with Crippen molar-refractivity contribution in [1.29, 1.82) is 0 Å². The molecular formula is C20H26N4O2. The van der Waals surface area contributed by atoms with E-state index >= 15 is 0 Å².